The van der Waals surface area contributed by atoms with Crippen LogP contribution in [-0.4, -0.2) is 42.1 Å². The molecule has 2 rings (SSSR count). The first kappa shape index (κ1) is 19.7. The van der Waals surface area contributed by atoms with Crippen molar-refractivity contribution in [1.29, 1.82) is 0 Å². The quantitative estimate of drug-likeness (QED) is 0.782. The Kier molecular flexibility index (Phi) is 5.39. The molecular formula is C19H35NO4. The standard InChI is InChI=1S/C19H35NO4/c1-9-18(10-2)15(5)20(24-16(6)21)14(4)13(3)19(18)22-11-17(7,8)12-23-19/h13-15H,9-12H2,1-8H3. The number of carbonyl (C=O) groups excluding carboxylic acids is 1. The van der Waals surface area contributed by atoms with Crippen LogP contribution in [0.2, 0.25) is 0 Å². The number of rotatable bonds is 3. The molecule has 0 radical (unpaired) electrons. The largest absolute Gasteiger partial charge is 0.368 e. The predicted molar refractivity (Wildman–Crippen MR) is 93.1 cm³/mol. The zero-order valence-corrected chi connectivity index (χ0v) is 16.6. The summed E-state index contributed by atoms with van der Waals surface area (Å²) in [5, 5.41) is 1.87. The van der Waals surface area contributed by atoms with Gasteiger partial charge in [0, 0.05) is 23.7 Å². The molecule has 24 heavy (non-hydrogen) atoms. The highest BCUT2D eigenvalue weighted by atomic mass is 16.7. The molecule has 0 aromatic heterocycles. The Morgan fingerprint density at radius 3 is 2.04 bits per heavy atom. The maximum absolute atomic E-state index is 11.6. The van der Waals surface area contributed by atoms with Crippen molar-refractivity contribution >= 4 is 5.97 Å². The van der Waals surface area contributed by atoms with Crippen molar-refractivity contribution in [2.75, 3.05) is 13.2 Å². The topological polar surface area (TPSA) is 48.0 Å². The van der Waals surface area contributed by atoms with Gasteiger partial charge >= 0.3 is 5.97 Å². The van der Waals surface area contributed by atoms with Gasteiger partial charge in [0.25, 0.3) is 0 Å². The van der Waals surface area contributed by atoms with Crippen molar-refractivity contribution in [1.82, 2.24) is 5.06 Å². The van der Waals surface area contributed by atoms with Gasteiger partial charge in [-0.1, -0.05) is 34.6 Å². The van der Waals surface area contributed by atoms with E-state index < -0.39 is 5.79 Å². The van der Waals surface area contributed by atoms with Crippen molar-refractivity contribution in [2.45, 2.75) is 86.1 Å². The molecule has 0 bridgehead atoms. The minimum Gasteiger partial charge on any atom is -0.368 e. The highest BCUT2D eigenvalue weighted by Crippen LogP contribution is 2.57. The van der Waals surface area contributed by atoms with E-state index in [1.807, 2.05) is 5.06 Å². The van der Waals surface area contributed by atoms with E-state index in [2.05, 4.69) is 48.5 Å². The molecule has 0 aromatic carbocycles. The summed E-state index contributed by atoms with van der Waals surface area (Å²) in [4.78, 5) is 17.2. The lowest BCUT2D eigenvalue weighted by atomic mass is 9.60. The molecule has 3 unspecified atom stereocenters. The van der Waals surface area contributed by atoms with Gasteiger partial charge in [-0.25, -0.2) is 0 Å². The van der Waals surface area contributed by atoms with Crippen LogP contribution in [-0.2, 0) is 19.1 Å². The number of ether oxygens (including phenoxy) is 2. The second kappa shape index (κ2) is 6.58. The SMILES string of the molecule is CCC1(CC)C(C)N(OC(C)=O)C(C)C(C)C12OCC(C)(C)CO2. The highest BCUT2D eigenvalue weighted by Gasteiger charge is 2.66. The van der Waals surface area contributed by atoms with Gasteiger partial charge in [0.1, 0.15) is 0 Å². The lowest BCUT2D eigenvalue weighted by Crippen LogP contribution is -2.74. The fourth-order valence-corrected chi connectivity index (χ4v) is 4.76. The molecule has 0 aromatic rings. The number of hydrogen-bond acceptors (Lipinski definition) is 5. The maximum Gasteiger partial charge on any atom is 0.322 e. The molecule has 2 fully saturated rings. The monoisotopic (exact) mass is 341 g/mol. The van der Waals surface area contributed by atoms with Gasteiger partial charge < -0.3 is 14.3 Å². The first-order chi connectivity index (χ1) is 11.1. The second-order valence-corrected chi connectivity index (χ2v) is 8.42. The van der Waals surface area contributed by atoms with Crippen molar-refractivity contribution in [3.05, 3.63) is 0 Å². The Morgan fingerprint density at radius 1 is 1.12 bits per heavy atom. The van der Waals surface area contributed by atoms with E-state index in [4.69, 9.17) is 14.3 Å². The van der Waals surface area contributed by atoms with Crippen molar-refractivity contribution in [3.8, 4) is 0 Å². The van der Waals surface area contributed by atoms with Gasteiger partial charge in [0.05, 0.1) is 25.3 Å². The molecule has 140 valence electrons. The van der Waals surface area contributed by atoms with Crippen LogP contribution in [0.1, 0.15) is 68.2 Å². The van der Waals surface area contributed by atoms with Crippen LogP contribution in [0.25, 0.3) is 0 Å². The number of hydrogen-bond donors (Lipinski definition) is 0. The third kappa shape index (κ3) is 2.78. The zero-order valence-electron chi connectivity index (χ0n) is 16.6. The maximum atomic E-state index is 11.6. The smallest absolute Gasteiger partial charge is 0.322 e. The van der Waals surface area contributed by atoms with Crippen LogP contribution in [0.3, 0.4) is 0 Å². The second-order valence-electron chi connectivity index (χ2n) is 8.42. The van der Waals surface area contributed by atoms with E-state index in [0.29, 0.717) is 13.2 Å². The molecule has 2 saturated heterocycles. The fraction of sp³-hybridized carbons (Fsp3) is 0.947. The summed E-state index contributed by atoms with van der Waals surface area (Å²) >= 11 is 0. The Balaban J connectivity index is 2.48. The molecule has 5 nitrogen and oxygen atoms in total. The van der Waals surface area contributed by atoms with Crippen LogP contribution in [0.4, 0.5) is 0 Å². The summed E-state index contributed by atoms with van der Waals surface area (Å²) in [6.45, 7) is 17.9. The van der Waals surface area contributed by atoms with Gasteiger partial charge in [0.15, 0.2) is 5.79 Å². The molecule has 0 amide bonds. The molecule has 2 aliphatic rings. The highest BCUT2D eigenvalue weighted by molar-refractivity contribution is 5.65. The van der Waals surface area contributed by atoms with E-state index in [-0.39, 0.29) is 34.8 Å². The van der Waals surface area contributed by atoms with Crippen LogP contribution < -0.4 is 0 Å². The number of hydroxylamine groups is 2. The fourth-order valence-electron chi connectivity index (χ4n) is 4.76. The van der Waals surface area contributed by atoms with Crippen LogP contribution in [0.5, 0.6) is 0 Å². The van der Waals surface area contributed by atoms with E-state index in [0.717, 1.165) is 12.8 Å². The number of nitrogens with zero attached hydrogens (tertiary/aromatic N) is 1. The first-order valence-electron chi connectivity index (χ1n) is 9.31. The van der Waals surface area contributed by atoms with Crippen molar-refractivity contribution in [3.63, 3.8) is 0 Å². The lowest BCUT2D eigenvalue weighted by molar-refractivity contribution is -0.419. The molecule has 0 saturated carbocycles. The summed E-state index contributed by atoms with van der Waals surface area (Å²) in [5.74, 6) is -0.824. The van der Waals surface area contributed by atoms with Gasteiger partial charge in [-0.15, -0.1) is 5.06 Å². The molecular weight excluding hydrogens is 306 g/mol. The summed E-state index contributed by atoms with van der Waals surface area (Å²) in [6, 6.07) is 0.0418. The molecule has 0 N–H and O–H groups in total. The van der Waals surface area contributed by atoms with E-state index in [1.165, 1.54) is 6.92 Å². The number of carbonyl (C=O) groups is 1. The minimum atomic E-state index is -0.637. The van der Waals surface area contributed by atoms with Gasteiger partial charge in [-0.2, -0.15) is 0 Å². The van der Waals surface area contributed by atoms with Crippen LogP contribution in [0, 0.1) is 16.7 Å². The van der Waals surface area contributed by atoms with Crippen LogP contribution >= 0.6 is 0 Å². The molecule has 3 atom stereocenters. The first-order valence-corrected chi connectivity index (χ1v) is 9.31. The van der Waals surface area contributed by atoms with Crippen molar-refractivity contribution < 1.29 is 19.1 Å². The normalized spacial score (nSPS) is 34.9. The summed E-state index contributed by atoms with van der Waals surface area (Å²) in [6.07, 6.45) is 1.81. The Hall–Kier alpha value is -0.650. The average Bonchev–Trinajstić information content (AvgIpc) is 2.53. The lowest BCUT2D eigenvalue weighted by Gasteiger charge is -2.64. The Bertz CT molecular complexity index is 462. The van der Waals surface area contributed by atoms with Gasteiger partial charge in [0.2, 0.25) is 0 Å². The van der Waals surface area contributed by atoms with E-state index in [1.54, 1.807) is 0 Å². The molecule has 0 aliphatic carbocycles. The minimum absolute atomic E-state index is 0.0174. The molecule has 2 aliphatic heterocycles. The average molecular weight is 341 g/mol. The molecule has 5 heteroatoms. The third-order valence-corrected chi connectivity index (χ3v) is 6.45. The summed E-state index contributed by atoms with van der Waals surface area (Å²) in [5.41, 5.74) is -0.206. The van der Waals surface area contributed by atoms with Gasteiger partial charge in [-0.05, 0) is 26.7 Å². The molecule has 2 heterocycles. The van der Waals surface area contributed by atoms with Crippen LogP contribution in [0.15, 0.2) is 0 Å². The zero-order chi connectivity index (χ0) is 18.3. The number of piperidine rings is 1. The molecule has 1 spiro atoms. The third-order valence-electron chi connectivity index (χ3n) is 6.45. The summed E-state index contributed by atoms with van der Waals surface area (Å²) < 4.78 is 13.1. The van der Waals surface area contributed by atoms with Gasteiger partial charge in [-0.3, -0.25) is 4.79 Å². The summed E-state index contributed by atoms with van der Waals surface area (Å²) in [7, 11) is 0. The van der Waals surface area contributed by atoms with E-state index in [9.17, 15) is 4.79 Å². The Labute approximate surface area is 147 Å². The van der Waals surface area contributed by atoms with Crippen molar-refractivity contribution in [2.24, 2.45) is 16.7 Å². The van der Waals surface area contributed by atoms with E-state index >= 15 is 0 Å². The Morgan fingerprint density at radius 2 is 1.62 bits per heavy atom. The predicted octanol–water partition coefficient (Wildman–Crippen LogP) is 3.77.